The highest BCUT2D eigenvalue weighted by molar-refractivity contribution is 7.10. The van der Waals surface area contributed by atoms with Crippen LogP contribution in [0.5, 0.6) is 0 Å². The number of allylic oxidation sites excluding steroid dienone is 1. The number of carbonyl (C=O) groups excluding carboxylic acids is 3. The van der Waals surface area contributed by atoms with Crippen molar-refractivity contribution in [3.63, 3.8) is 0 Å². The van der Waals surface area contributed by atoms with E-state index in [4.69, 9.17) is 0 Å². The van der Waals surface area contributed by atoms with E-state index in [1.54, 1.807) is 60.7 Å². The van der Waals surface area contributed by atoms with Gasteiger partial charge in [-0.3, -0.25) is 14.4 Å². The van der Waals surface area contributed by atoms with Crippen molar-refractivity contribution in [2.45, 2.75) is 0 Å². The van der Waals surface area contributed by atoms with Crippen LogP contribution in [0.15, 0.2) is 126 Å². The summed E-state index contributed by atoms with van der Waals surface area (Å²) in [5.41, 5.74) is 2.52. The lowest BCUT2D eigenvalue weighted by atomic mass is 10.0. The molecule has 5 rings (SSSR count). The Morgan fingerprint density at radius 3 is 2.21 bits per heavy atom. The van der Waals surface area contributed by atoms with Gasteiger partial charge in [0.25, 0.3) is 11.8 Å². The van der Waals surface area contributed by atoms with Gasteiger partial charge in [0.05, 0.1) is 0 Å². The van der Waals surface area contributed by atoms with Crippen molar-refractivity contribution in [1.82, 2.24) is 5.32 Å². The molecule has 2 N–H and O–H groups in total. The van der Waals surface area contributed by atoms with Crippen LogP contribution in [-0.2, 0) is 4.79 Å². The number of thiophene rings is 1. The molecule has 4 aromatic carbocycles. The Balaban J connectivity index is 1.29. The van der Waals surface area contributed by atoms with E-state index in [0.29, 0.717) is 16.8 Å². The third kappa shape index (κ3) is 6.44. The molecule has 0 aliphatic rings. The van der Waals surface area contributed by atoms with Crippen LogP contribution in [0.1, 0.15) is 31.2 Å². The highest BCUT2D eigenvalue weighted by Crippen LogP contribution is 2.20. The number of hydrogen-bond donors (Lipinski definition) is 2. The fourth-order valence-electron chi connectivity index (χ4n) is 4.03. The molecule has 0 radical (unpaired) electrons. The Morgan fingerprint density at radius 2 is 1.44 bits per heavy atom. The number of rotatable bonds is 8. The SMILES string of the molecule is O=C(Nc1ccc(C(=O)/C=C/c2cccc3ccccc23)cc1)/C(=C/c1cccs1)NC(=O)c1ccccc1. The number of hydrogen-bond acceptors (Lipinski definition) is 4. The van der Waals surface area contributed by atoms with Gasteiger partial charge >= 0.3 is 0 Å². The molecule has 6 heteroatoms. The van der Waals surface area contributed by atoms with E-state index in [2.05, 4.69) is 10.6 Å². The molecule has 190 valence electrons. The number of benzene rings is 4. The Labute approximate surface area is 230 Å². The molecule has 2 amide bonds. The molecule has 0 aliphatic carbocycles. The Bertz CT molecular complexity index is 1680. The standard InChI is InChI=1S/C33H24N2O3S/c36-31(20-17-24-12-6-11-23-8-4-5-14-29(23)24)25-15-18-27(19-16-25)34-33(38)30(22-28-13-7-21-39-28)35-32(37)26-9-2-1-3-10-26/h1-22H,(H,34,38)(H,35,37)/b20-17+,30-22-. The lowest BCUT2D eigenvalue weighted by Gasteiger charge is -2.11. The van der Waals surface area contributed by atoms with Crippen molar-refractivity contribution < 1.29 is 14.4 Å². The molecule has 0 unspecified atom stereocenters. The van der Waals surface area contributed by atoms with Gasteiger partial charge in [-0.25, -0.2) is 0 Å². The summed E-state index contributed by atoms with van der Waals surface area (Å²) < 4.78 is 0. The summed E-state index contributed by atoms with van der Waals surface area (Å²) in [4.78, 5) is 39.5. The van der Waals surface area contributed by atoms with Crippen LogP contribution in [0, 0.1) is 0 Å². The second-order valence-electron chi connectivity index (χ2n) is 8.69. The summed E-state index contributed by atoms with van der Waals surface area (Å²) in [6.45, 7) is 0. The summed E-state index contributed by atoms with van der Waals surface area (Å²) in [6.07, 6.45) is 5.00. The molecule has 1 heterocycles. The molecule has 0 atom stereocenters. The molecule has 0 bridgehead atoms. The van der Waals surface area contributed by atoms with E-state index in [1.165, 1.54) is 11.3 Å². The quantitative estimate of drug-likeness (QED) is 0.165. The van der Waals surface area contributed by atoms with Gasteiger partial charge in [-0.2, -0.15) is 0 Å². The second kappa shape index (κ2) is 12.0. The maximum absolute atomic E-state index is 13.1. The lowest BCUT2D eigenvalue weighted by Crippen LogP contribution is -2.30. The summed E-state index contributed by atoms with van der Waals surface area (Å²) in [5, 5.41) is 9.61. The van der Waals surface area contributed by atoms with Crippen LogP contribution in [0.3, 0.4) is 0 Å². The van der Waals surface area contributed by atoms with Gasteiger partial charge in [-0.05, 0) is 76.3 Å². The maximum Gasteiger partial charge on any atom is 0.272 e. The second-order valence-corrected chi connectivity index (χ2v) is 9.67. The van der Waals surface area contributed by atoms with Gasteiger partial charge in [-0.15, -0.1) is 11.3 Å². The van der Waals surface area contributed by atoms with Crippen molar-refractivity contribution in [3.8, 4) is 0 Å². The van der Waals surface area contributed by atoms with Gasteiger partial charge in [-0.1, -0.05) is 72.8 Å². The van der Waals surface area contributed by atoms with Crippen LogP contribution in [0.25, 0.3) is 22.9 Å². The van der Waals surface area contributed by atoms with Crippen molar-refractivity contribution in [3.05, 3.63) is 148 Å². The fourth-order valence-corrected chi connectivity index (χ4v) is 4.69. The third-order valence-corrected chi connectivity index (χ3v) is 6.84. The van der Waals surface area contributed by atoms with Crippen LogP contribution in [0.4, 0.5) is 5.69 Å². The third-order valence-electron chi connectivity index (χ3n) is 6.02. The van der Waals surface area contributed by atoms with Gasteiger partial charge in [0.1, 0.15) is 5.70 Å². The molecular formula is C33H24N2O3S. The van der Waals surface area contributed by atoms with E-state index >= 15 is 0 Å². The summed E-state index contributed by atoms with van der Waals surface area (Å²) in [5.74, 6) is -0.996. The molecule has 1 aromatic heterocycles. The summed E-state index contributed by atoms with van der Waals surface area (Å²) in [6, 6.07) is 33.1. The van der Waals surface area contributed by atoms with Gasteiger partial charge < -0.3 is 10.6 Å². The highest BCUT2D eigenvalue weighted by Gasteiger charge is 2.15. The Hall–Kier alpha value is -5.07. The normalized spacial score (nSPS) is 11.4. The van der Waals surface area contributed by atoms with Crippen LogP contribution in [0.2, 0.25) is 0 Å². The number of ketones is 1. The zero-order valence-electron chi connectivity index (χ0n) is 20.8. The molecular weight excluding hydrogens is 504 g/mol. The first kappa shape index (κ1) is 25.6. The topological polar surface area (TPSA) is 75.3 Å². The van der Waals surface area contributed by atoms with Crippen LogP contribution >= 0.6 is 11.3 Å². The molecule has 0 aliphatic heterocycles. The maximum atomic E-state index is 13.1. The monoisotopic (exact) mass is 528 g/mol. The molecule has 5 nitrogen and oxygen atoms in total. The number of carbonyl (C=O) groups is 3. The average molecular weight is 529 g/mol. The van der Waals surface area contributed by atoms with Gasteiger partial charge in [0.15, 0.2) is 5.78 Å². The Kier molecular flexibility index (Phi) is 7.86. The number of amides is 2. The van der Waals surface area contributed by atoms with Crippen LogP contribution < -0.4 is 10.6 Å². The molecule has 0 spiro atoms. The van der Waals surface area contributed by atoms with Crippen molar-refractivity contribution in [2.75, 3.05) is 5.32 Å². The predicted molar refractivity (Wildman–Crippen MR) is 159 cm³/mol. The van der Waals surface area contributed by atoms with Crippen molar-refractivity contribution >= 4 is 57.5 Å². The first-order chi connectivity index (χ1) is 19.1. The minimum Gasteiger partial charge on any atom is -0.321 e. The fraction of sp³-hybridized carbons (Fsp3) is 0. The van der Waals surface area contributed by atoms with E-state index in [-0.39, 0.29) is 17.4 Å². The minimum atomic E-state index is -0.470. The smallest absolute Gasteiger partial charge is 0.272 e. The number of anilines is 1. The van der Waals surface area contributed by atoms with Crippen molar-refractivity contribution in [2.24, 2.45) is 0 Å². The minimum absolute atomic E-state index is 0.115. The molecule has 5 aromatic rings. The van der Waals surface area contributed by atoms with E-state index < -0.39 is 5.91 Å². The summed E-state index contributed by atoms with van der Waals surface area (Å²) >= 11 is 1.45. The lowest BCUT2D eigenvalue weighted by molar-refractivity contribution is -0.113. The van der Waals surface area contributed by atoms with E-state index in [1.807, 2.05) is 72.1 Å². The predicted octanol–water partition coefficient (Wildman–Crippen LogP) is 7.21. The molecule has 39 heavy (non-hydrogen) atoms. The summed E-state index contributed by atoms with van der Waals surface area (Å²) in [7, 11) is 0. The zero-order chi connectivity index (χ0) is 27.0. The van der Waals surface area contributed by atoms with E-state index in [0.717, 1.165) is 21.2 Å². The first-order valence-electron chi connectivity index (χ1n) is 12.3. The highest BCUT2D eigenvalue weighted by atomic mass is 32.1. The van der Waals surface area contributed by atoms with Crippen molar-refractivity contribution in [1.29, 1.82) is 0 Å². The number of nitrogens with one attached hydrogen (secondary N) is 2. The molecule has 0 saturated carbocycles. The zero-order valence-corrected chi connectivity index (χ0v) is 21.7. The largest absolute Gasteiger partial charge is 0.321 e. The van der Waals surface area contributed by atoms with Crippen LogP contribution in [-0.4, -0.2) is 17.6 Å². The number of fused-ring (bicyclic) bond motifs is 1. The molecule has 0 fully saturated rings. The first-order valence-corrected chi connectivity index (χ1v) is 13.2. The Morgan fingerprint density at radius 1 is 0.692 bits per heavy atom. The van der Waals surface area contributed by atoms with E-state index in [9.17, 15) is 14.4 Å². The average Bonchev–Trinajstić information content (AvgIpc) is 3.49. The van der Waals surface area contributed by atoms with Gasteiger partial charge in [0.2, 0.25) is 0 Å². The molecule has 0 saturated heterocycles. The van der Waals surface area contributed by atoms with Gasteiger partial charge in [0, 0.05) is 21.7 Å².